The van der Waals surface area contributed by atoms with Gasteiger partial charge in [-0.3, -0.25) is 9.48 Å². The molecule has 5 heteroatoms. The molecule has 0 bridgehead atoms. The smallest absolute Gasteiger partial charge is 0.270 e. The van der Waals surface area contributed by atoms with Gasteiger partial charge in [0.2, 0.25) is 0 Å². The zero-order valence-electron chi connectivity index (χ0n) is 10.5. The number of hydrogen-bond donors (Lipinski definition) is 2. The van der Waals surface area contributed by atoms with E-state index in [1.807, 2.05) is 13.0 Å². The fourth-order valence-electron chi connectivity index (χ4n) is 2.20. The van der Waals surface area contributed by atoms with Gasteiger partial charge in [-0.25, -0.2) is 0 Å². The van der Waals surface area contributed by atoms with E-state index in [9.17, 15) is 4.79 Å². The van der Waals surface area contributed by atoms with Crippen LogP contribution in [0.25, 0.3) is 0 Å². The Morgan fingerprint density at radius 2 is 2.35 bits per heavy atom. The van der Waals surface area contributed by atoms with E-state index in [2.05, 4.69) is 10.4 Å². The fourth-order valence-corrected chi connectivity index (χ4v) is 2.20. The molecule has 1 saturated carbocycles. The van der Waals surface area contributed by atoms with Gasteiger partial charge in [0.15, 0.2) is 0 Å². The SMILES string of the molecule is CCc1cc(C(=O)NC2(CN)CCC2)n(C)n1. The van der Waals surface area contributed by atoms with Gasteiger partial charge in [-0.15, -0.1) is 0 Å². The van der Waals surface area contributed by atoms with Gasteiger partial charge < -0.3 is 11.1 Å². The van der Waals surface area contributed by atoms with Gasteiger partial charge in [-0.1, -0.05) is 6.92 Å². The van der Waals surface area contributed by atoms with Crippen LogP contribution in [-0.4, -0.2) is 27.8 Å². The third-order valence-electron chi connectivity index (χ3n) is 3.61. The molecule has 0 spiro atoms. The van der Waals surface area contributed by atoms with Gasteiger partial charge in [-0.2, -0.15) is 5.10 Å². The topological polar surface area (TPSA) is 72.9 Å². The second-order valence-electron chi connectivity index (χ2n) is 4.79. The molecule has 0 aliphatic heterocycles. The van der Waals surface area contributed by atoms with Gasteiger partial charge in [0.25, 0.3) is 5.91 Å². The Bertz CT molecular complexity index is 415. The second kappa shape index (κ2) is 4.49. The summed E-state index contributed by atoms with van der Waals surface area (Å²) >= 11 is 0. The van der Waals surface area contributed by atoms with Crippen molar-refractivity contribution >= 4 is 5.91 Å². The first kappa shape index (κ1) is 12.1. The number of aryl methyl sites for hydroxylation is 2. The maximum atomic E-state index is 12.1. The Morgan fingerprint density at radius 3 is 2.76 bits per heavy atom. The van der Waals surface area contributed by atoms with Crippen molar-refractivity contribution in [3.05, 3.63) is 17.5 Å². The highest BCUT2D eigenvalue weighted by atomic mass is 16.2. The lowest BCUT2D eigenvalue weighted by molar-refractivity contribution is 0.0827. The van der Waals surface area contributed by atoms with Crippen molar-refractivity contribution in [2.24, 2.45) is 12.8 Å². The third kappa shape index (κ3) is 2.20. The highest BCUT2D eigenvalue weighted by Gasteiger charge is 2.37. The average Bonchev–Trinajstić information content (AvgIpc) is 2.65. The molecule has 1 aromatic rings. The number of amides is 1. The van der Waals surface area contributed by atoms with E-state index in [1.54, 1.807) is 11.7 Å². The maximum Gasteiger partial charge on any atom is 0.270 e. The number of aromatic nitrogens is 2. The van der Waals surface area contributed by atoms with E-state index in [0.717, 1.165) is 31.4 Å². The highest BCUT2D eigenvalue weighted by Crippen LogP contribution is 2.30. The van der Waals surface area contributed by atoms with Crippen LogP contribution in [0.4, 0.5) is 0 Å². The summed E-state index contributed by atoms with van der Waals surface area (Å²) in [6, 6.07) is 1.85. The summed E-state index contributed by atoms with van der Waals surface area (Å²) in [4.78, 5) is 12.1. The van der Waals surface area contributed by atoms with Crippen LogP contribution in [0.2, 0.25) is 0 Å². The van der Waals surface area contributed by atoms with E-state index in [0.29, 0.717) is 12.2 Å². The van der Waals surface area contributed by atoms with Gasteiger partial charge in [-0.05, 0) is 31.7 Å². The lowest BCUT2D eigenvalue weighted by Gasteiger charge is -2.41. The average molecular weight is 236 g/mol. The zero-order chi connectivity index (χ0) is 12.5. The zero-order valence-corrected chi connectivity index (χ0v) is 10.5. The van der Waals surface area contributed by atoms with E-state index >= 15 is 0 Å². The van der Waals surface area contributed by atoms with E-state index < -0.39 is 0 Å². The minimum absolute atomic E-state index is 0.0650. The molecular formula is C12H20N4O. The van der Waals surface area contributed by atoms with Crippen molar-refractivity contribution in [2.75, 3.05) is 6.54 Å². The Balaban J connectivity index is 2.11. The molecule has 1 aliphatic carbocycles. The molecule has 94 valence electrons. The number of carbonyl (C=O) groups is 1. The van der Waals surface area contributed by atoms with Gasteiger partial charge >= 0.3 is 0 Å². The summed E-state index contributed by atoms with van der Waals surface area (Å²) < 4.78 is 1.64. The Morgan fingerprint density at radius 1 is 1.65 bits per heavy atom. The third-order valence-corrected chi connectivity index (χ3v) is 3.61. The van der Waals surface area contributed by atoms with Crippen LogP contribution in [0, 0.1) is 0 Å². The Labute approximate surface area is 101 Å². The molecule has 1 fully saturated rings. The van der Waals surface area contributed by atoms with Crippen LogP contribution >= 0.6 is 0 Å². The summed E-state index contributed by atoms with van der Waals surface area (Å²) in [5.41, 5.74) is 7.11. The first-order valence-electron chi connectivity index (χ1n) is 6.16. The van der Waals surface area contributed by atoms with Gasteiger partial charge in [0, 0.05) is 13.6 Å². The molecule has 1 aliphatic rings. The first-order chi connectivity index (χ1) is 8.10. The molecule has 0 radical (unpaired) electrons. The standard InChI is InChI=1S/C12H20N4O/c1-3-9-7-10(16(2)15-9)11(17)14-12(8-13)5-4-6-12/h7H,3-6,8,13H2,1-2H3,(H,14,17). The molecule has 2 rings (SSSR count). The number of rotatable bonds is 4. The molecule has 17 heavy (non-hydrogen) atoms. The summed E-state index contributed by atoms with van der Waals surface area (Å²) in [7, 11) is 1.80. The molecule has 3 N–H and O–H groups in total. The van der Waals surface area contributed by atoms with Crippen molar-refractivity contribution in [1.82, 2.24) is 15.1 Å². The summed E-state index contributed by atoms with van der Waals surface area (Å²) in [6.45, 7) is 2.54. The summed E-state index contributed by atoms with van der Waals surface area (Å²) in [6.07, 6.45) is 3.94. The van der Waals surface area contributed by atoms with Crippen LogP contribution in [0.15, 0.2) is 6.07 Å². The van der Waals surface area contributed by atoms with E-state index in [4.69, 9.17) is 5.73 Å². The highest BCUT2D eigenvalue weighted by molar-refractivity contribution is 5.93. The van der Waals surface area contributed by atoms with Crippen molar-refractivity contribution < 1.29 is 4.79 Å². The maximum absolute atomic E-state index is 12.1. The second-order valence-corrected chi connectivity index (χ2v) is 4.79. The molecule has 0 saturated heterocycles. The van der Waals surface area contributed by atoms with Crippen molar-refractivity contribution in [1.29, 1.82) is 0 Å². The molecule has 1 heterocycles. The number of nitrogens with two attached hydrogens (primary N) is 1. The molecule has 1 aromatic heterocycles. The Hall–Kier alpha value is -1.36. The molecule has 0 atom stereocenters. The van der Waals surface area contributed by atoms with Crippen molar-refractivity contribution in [2.45, 2.75) is 38.1 Å². The molecule has 0 aromatic carbocycles. The van der Waals surface area contributed by atoms with Crippen LogP contribution in [0.3, 0.4) is 0 Å². The number of nitrogens with one attached hydrogen (secondary N) is 1. The largest absolute Gasteiger partial charge is 0.344 e. The molecule has 1 amide bonds. The molecular weight excluding hydrogens is 216 g/mol. The quantitative estimate of drug-likeness (QED) is 0.803. The van der Waals surface area contributed by atoms with Crippen LogP contribution in [0.5, 0.6) is 0 Å². The monoisotopic (exact) mass is 236 g/mol. The van der Waals surface area contributed by atoms with Crippen molar-refractivity contribution in [3.8, 4) is 0 Å². The normalized spacial score (nSPS) is 17.6. The summed E-state index contributed by atoms with van der Waals surface area (Å²) in [5.74, 6) is -0.0650. The minimum atomic E-state index is -0.173. The lowest BCUT2D eigenvalue weighted by atomic mass is 9.77. The first-order valence-corrected chi connectivity index (χ1v) is 6.16. The molecule has 5 nitrogen and oxygen atoms in total. The van der Waals surface area contributed by atoms with E-state index in [1.165, 1.54) is 0 Å². The van der Waals surface area contributed by atoms with Crippen LogP contribution in [0.1, 0.15) is 42.4 Å². The lowest BCUT2D eigenvalue weighted by Crippen LogP contribution is -2.58. The van der Waals surface area contributed by atoms with Crippen LogP contribution in [-0.2, 0) is 13.5 Å². The number of hydrogen-bond acceptors (Lipinski definition) is 3. The van der Waals surface area contributed by atoms with E-state index in [-0.39, 0.29) is 11.4 Å². The fraction of sp³-hybridized carbons (Fsp3) is 0.667. The predicted molar refractivity (Wildman–Crippen MR) is 65.7 cm³/mol. The number of carbonyl (C=O) groups excluding carboxylic acids is 1. The van der Waals surface area contributed by atoms with Crippen LogP contribution < -0.4 is 11.1 Å². The minimum Gasteiger partial charge on any atom is -0.344 e. The summed E-state index contributed by atoms with van der Waals surface area (Å²) in [5, 5.41) is 7.32. The predicted octanol–water partition coefficient (Wildman–Crippen LogP) is 0.594. The van der Waals surface area contributed by atoms with Gasteiger partial charge in [0.1, 0.15) is 5.69 Å². The van der Waals surface area contributed by atoms with Gasteiger partial charge in [0.05, 0.1) is 11.2 Å². The van der Waals surface area contributed by atoms with Crippen molar-refractivity contribution in [3.63, 3.8) is 0 Å². The number of nitrogens with zero attached hydrogens (tertiary/aromatic N) is 2. The molecule has 0 unspecified atom stereocenters. The Kier molecular flexibility index (Phi) is 3.19.